The summed E-state index contributed by atoms with van der Waals surface area (Å²) in [6.07, 6.45) is 5.38. The van der Waals surface area contributed by atoms with E-state index >= 15 is 0 Å². The van der Waals surface area contributed by atoms with Gasteiger partial charge in [-0.25, -0.2) is 4.98 Å². The van der Waals surface area contributed by atoms with Crippen LogP contribution < -0.4 is 5.73 Å². The van der Waals surface area contributed by atoms with Crippen LogP contribution in [0.5, 0.6) is 0 Å². The minimum absolute atomic E-state index is 0.0443. The first kappa shape index (κ1) is 13.5. The molecule has 0 aromatic carbocycles. The molecule has 0 aliphatic rings. The van der Waals surface area contributed by atoms with E-state index in [1.165, 1.54) is 5.56 Å². The number of halogens is 1. The molecule has 3 nitrogen and oxygen atoms in total. The van der Waals surface area contributed by atoms with Gasteiger partial charge in [0.25, 0.3) is 0 Å². The molecule has 0 saturated heterocycles. The number of nitrogens with two attached hydrogens (primary N) is 1. The van der Waals surface area contributed by atoms with Gasteiger partial charge < -0.3 is 5.73 Å². The van der Waals surface area contributed by atoms with Crippen LogP contribution in [0.25, 0.3) is 0 Å². The van der Waals surface area contributed by atoms with Crippen molar-refractivity contribution in [2.45, 2.75) is 23.2 Å². The number of aromatic nitrogens is 2. The van der Waals surface area contributed by atoms with E-state index in [0.717, 1.165) is 9.50 Å². The molecular formula is C13H14BrN3S. The van der Waals surface area contributed by atoms with Crippen LogP contribution in [-0.4, -0.2) is 16.0 Å². The summed E-state index contributed by atoms with van der Waals surface area (Å²) in [5.41, 5.74) is 7.24. The number of thioether (sulfide) groups is 1. The number of hydrogen-bond donors (Lipinski definition) is 1. The van der Waals surface area contributed by atoms with Crippen LogP contribution in [0, 0.1) is 0 Å². The van der Waals surface area contributed by atoms with Crippen LogP contribution in [0.2, 0.25) is 0 Å². The third kappa shape index (κ3) is 3.54. The Hall–Kier alpha value is -0.910. The molecule has 2 heterocycles. The van der Waals surface area contributed by atoms with Gasteiger partial charge in [-0.2, -0.15) is 0 Å². The molecule has 2 unspecified atom stereocenters. The summed E-state index contributed by atoms with van der Waals surface area (Å²) in [7, 11) is 0. The molecule has 0 bridgehead atoms. The molecule has 2 aromatic rings. The molecule has 94 valence electrons. The summed E-state index contributed by atoms with van der Waals surface area (Å²) >= 11 is 5.05. The highest BCUT2D eigenvalue weighted by atomic mass is 79.9. The van der Waals surface area contributed by atoms with Crippen molar-refractivity contribution in [2.75, 3.05) is 0 Å². The normalized spacial score (nSPS) is 14.2. The first-order valence-corrected chi connectivity index (χ1v) is 7.28. The topological polar surface area (TPSA) is 51.8 Å². The average Bonchev–Trinajstić information content (AvgIpc) is 2.38. The Bertz CT molecular complexity index is 487. The van der Waals surface area contributed by atoms with Crippen molar-refractivity contribution in [3.05, 3.63) is 52.9 Å². The number of pyridine rings is 2. The Morgan fingerprint density at radius 3 is 2.50 bits per heavy atom. The van der Waals surface area contributed by atoms with Gasteiger partial charge in [0, 0.05) is 29.1 Å². The first-order chi connectivity index (χ1) is 8.66. The van der Waals surface area contributed by atoms with E-state index in [1.807, 2.05) is 31.2 Å². The lowest BCUT2D eigenvalue weighted by atomic mass is 10.1. The van der Waals surface area contributed by atoms with Crippen LogP contribution in [0.15, 0.2) is 52.4 Å². The standard InChI is InChI=1S/C13H14BrN3S/c1-9(15)13(10-4-6-16-7-5-10)18-12-3-2-11(14)8-17-12/h2-9,13H,15H2,1H3. The molecule has 0 spiro atoms. The maximum atomic E-state index is 6.07. The van der Waals surface area contributed by atoms with E-state index in [1.54, 1.807) is 30.4 Å². The zero-order valence-corrected chi connectivity index (χ0v) is 12.4. The lowest BCUT2D eigenvalue weighted by Crippen LogP contribution is -2.22. The van der Waals surface area contributed by atoms with Gasteiger partial charge in [-0.1, -0.05) is 11.8 Å². The van der Waals surface area contributed by atoms with Crippen LogP contribution in [0.4, 0.5) is 0 Å². The highest BCUT2D eigenvalue weighted by molar-refractivity contribution is 9.10. The number of rotatable bonds is 4. The number of hydrogen-bond acceptors (Lipinski definition) is 4. The van der Waals surface area contributed by atoms with Crippen molar-refractivity contribution in [3.63, 3.8) is 0 Å². The van der Waals surface area contributed by atoms with Gasteiger partial charge >= 0.3 is 0 Å². The Morgan fingerprint density at radius 2 is 1.94 bits per heavy atom. The molecule has 0 aliphatic heterocycles. The van der Waals surface area contributed by atoms with Crippen LogP contribution in [-0.2, 0) is 0 Å². The van der Waals surface area contributed by atoms with E-state index in [2.05, 4.69) is 25.9 Å². The van der Waals surface area contributed by atoms with E-state index in [-0.39, 0.29) is 11.3 Å². The lowest BCUT2D eigenvalue weighted by molar-refractivity contribution is 0.719. The summed E-state index contributed by atoms with van der Waals surface area (Å²) in [4.78, 5) is 8.40. The zero-order chi connectivity index (χ0) is 13.0. The molecule has 2 aromatic heterocycles. The summed E-state index contributed by atoms with van der Waals surface area (Å²) in [5.74, 6) is 0. The van der Waals surface area contributed by atoms with Crippen LogP contribution in [0.3, 0.4) is 0 Å². The Kier molecular flexibility index (Phi) is 4.74. The van der Waals surface area contributed by atoms with Crippen molar-refractivity contribution in [1.82, 2.24) is 9.97 Å². The maximum Gasteiger partial charge on any atom is 0.0967 e. The van der Waals surface area contributed by atoms with Crippen molar-refractivity contribution in [2.24, 2.45) is 5.73 Å². The summed E-state index contributed by atoms with van der Waals surface area (Å²) < 4.78 is 0.980. The van der Waals surface area contributed by atoms with Crippen molar-refractivity contribution >= 4 is 27.7 Å². The molecular weight excluding hydrogens is 310 g/mol. The van der Waals surface area contributed by atoms with E-state index in [9.17, 15) is 0 Å². The van der Waals surface area contributed by atoms with Gasteiger partial charge in [0.15, 0.2) is 0 Å². The Labute approximate surface area is 119 Å². The minimum Gasteiger partial charge on any atom is -0.327 e. The molecule has 0 fully saturated rings. The molecule has 5 heteroatoms. The fourth-order valence-corrected chi connectivity index (χ4v) is 2.86. The highest BCUT2D eigenvalue weighted by Crippen LogP contribution is 2.36. The van der Waals surface area contributed by atoms with Gasteiger partial charge in [-0.05, 0) is 52.7 Å². The SMILES string of the molecule is CC(N)C(Sc1ccc(Br)cn1)c1ccncc1. The molecule has 2 N–H and O–H groups in total. The van der Waals surface area contributed by atoms with E-state index in [4.69, 9.17) is 5.73 Å². The van der Waals surface area contributed by atoms with Gasteiger partial charge in [-0.3, -0.25) is 4.98 Å². The second-order valence-corrected chi connectivity index (χ2v) is 6.07. The molecule has 0 amide bonds. The predicted molar refractivity (Wildman–Crippen MR) is 78.4 cm³/mol. The quantitative estimate of drug-likeness (QED) is 0.876. The summed E-state index contributed by atoms with van der Waals surface area (Å²) in [5, 5.41) is 1.15. The van der Waals surface area contributed by atoms with Crippen molar-refractivity contribution in [1.29, 1.82) is 0 Å². The molecule has 2 rings (SSSR count). The van der Waals surface area contributed by atoms with Gasteiger partial charge in [0.1, 0.15) is 0 Å². The van der Waals surface area contributed by atoms with E-state index in [0.29, 0.717) is 0 Å². The first-order valence-electron chi connectivity index (χ1n) is 5.60. The second kappa shape index (κ2) is 6.31. The Balaban J connectivity index is 2.19. The molecule has 0 radical (unpaired) electrons. The van der Waals surface area contributed by atoms with Gasteiger partial charge in [-0.15, -0.1) is 0 Å². The van der Waals surface area contributed by atoms with Gasteiger partial charge in [0.2, 0.25) is 0 Å². The third-order valence-corrected chi connectivity index (χ3v) is 4.37. The zero-order valence-electron chi connectivity index (χ0n) is 9.95. The van der Waals surface area contributed by atoms with Crippen molar-refractivity contribution in [3.8, 4) is 0 Å². The summed E-state index contributed by atoms with van der Waals surface area (Å²) in [6.45, 7) is 2.01. The third-order valence-electron chi connectivity index (χ3n) is 2.46. The fourth-order valence-electron chi connectivity index (χ4n) is 1.59. The Morgan fingerprint density at radius 1 is 1.22 bits per heavy atom. The van der Waals surface area contributed by atoms with Crippen LogP contribution >= 0.6 is 27.7 Å². The second-order valence-electron chi connectivity index (χ2n) is 3.99. The van der Waals surface area contributed by atoms with Crippen molar-refractivity contribution < 1.29 is 0 Å². The highest BCUT2D eigenvalue weighted by Gasteiger charge is 2.18. The predicted octanol–water partition coefficient (Wildman–Crippen LogP) is 3.42. The molecule has 18 heavy (non-hydrogen) atoms. The van der Waals surface area contributed by atoms with Gasteiger partial charge in [0.05, 0.1) is 10.3 Å². The smallest absolute Gasteiger partial charge is 0.0967 e. The lowest BCUT2D eigenvalue weighted by Gasteiger charge is -2.20. The summed E-state index contributed by atoms with van der Waals surface area (Å²) in [6, 6.07) is 8.02. The average molecular weight is 324 g/mol. The maximum absolute atomic E-state index is 6.07. The molecule has 0 saturated carbocycles. The van der Waals surface area contributed by atoms with E-state index < -0.39 is 0 Å². The fraction of sp³-hybridized carbons (Fsp3) is 0.231. The molecule has 0 aliphatic carbocycles. The molecule has 2 atom stereocenters. The minimum atomic E-state index is 0.0443. The van der Waals surface area contributed by atoms with Crippen LogP contribution in [0.1, 0.15) is 17.7 Å². The monoisotopic (exact) mass is 323 g/mol. The number of nitrogens with zero attached hydrogens (tertiary/aromatic N) is 2. The largest absolute Gasteiger partial charge is 0.327 e.